The summed E-state index contributed by atoms with van der Waals surface area (Å²) in [7, 11) is 0. The molecule has 0 saturated carbocycles. The summed E-state index contributed by atoms with van der Waals surface area (Å²) in [6.07, 6.45) is 0. The van der Waals surface area contributed by atoms with Gasteiger partial charge in [-0.3, -0.25) is 4.79 Å². The molecule has 0 bridgehead atoms. The van der Waals surface area contributed by atoms with Gasteiger partial charge in [-0.15, -0.1) is 11.3 Å². The van der Waals surface area contributed by atoms with Crippen molar-refractivity contribution in [2.24, 2.45) is 5.73 Å². The summed E-state index contributed by atoms with van der Waals surface area (Å²) in [4.78, 5) is 12.9. The van der Waals surface area contributed by atoms with Crippen molar-refractivity contribution < 1.29 is 4.79 Å². The molecule has 0 fully saturated rings. The number of nitrogens with two attached hydrogens (primary N) is 1. The van der Waals surface area contributed by atoms with Crippen LogP contribution >= 0.6 is 11.3 Å². The number of nitrogens with one attached hydrogen (secondary N) is 1. The van der Waals surface area contributed by atoms with Crippen molar-refractivity contribution in [3.05, 3.63) is 57.3 Å². The van der Waals surface area contributed by atoms with E-state index in [-0.39, 0.29) is 0 Å². The van der Waals surface area contributed by atoms with Crippen LogP contribution < -0.4 is 11.1 Å². The van der Waals surface area contributed by atoms with Crippen LogP contribution in [0, 0.1) is 11.3 Å². The number of rotatable bonds is 5. The van der Waals surface area contributed by atoms with Crippen molar-refractivity contribution in [1.29, 1.82) is 5.26 Å². The predicted octanol–water partition coefficient (Wildman–Crippen LogP) is 2.01. The molecule has 1 heterocycles. The second-order valence-corrected chi connectivity index (χ2v) is 5.21. The average molecular weight is 271 g/mol. The van der Waals surface area contributed by atoms with E-state index in [0.29, 0.717) is 23.5 Å². The summed E-state index contributed by atoms with van der Waals surface area (Å²) < 4.78 is 0. The van der Waals surface area contributed by atoms with Crippen molar-refractivity contribution >= 4 is 17.2 Å². The molecule has 3 N–H and O–H groups in total. The number of hydrogen-bond donors (Lipinski definition) is 2. The zero-order valence-electron chi connectivity index (χ0n) is 10.2. The molecular formula is C14H13N3OS. The Balaban J connectivity index is 1.90. The molecule has 5 heteroatoms. The highest BCUT2D eigenvalue weighted by molar-refractivity contribution is 7.12. The van der Waals surface area contributed by atoms with Gasteiger partial charge >= 0.3 is 0 Å². The number of thiophene rings is 1. The van der Waals surface area contributed by atoms with Gasteiger partial charge in [0.2, 0.25) is 5.91 Å². The van der Waals surface area contributed by atoms with Gasteiger partial charge in [-0.2, -0.15) is 5.26 Å². The molecule has 1 amide bonds. The Bertz CT molecular complexity index is 628. The van der Waals surface area contributed by atoms with Gasteiger partial charge in [0.15, 0.2) is 0 Å². The predicted molar refractivity (Wildman–Crippen MR) is 74.5 cm³/mol. The van der Waals surface area contributed by atoms with E-state index in [2.05, 4.69) is 11.4 Å². The van der Waals surface area contributed by atoms with E-state index in [1.807, 2.05) is 24.3 Å². The molecule has 2 rings (SSSR count). The first-order chi connectivity index (χ1) is 9.19. The monoisotopic (exact) mass is 271 g/mol. The Morgan fingerprint density at radius 3 is 2.84 bits per heavy atom. The van der Waals surface area contributed by atoms with Crippen LogP contribution in [-0.4, -0.2) is 5.91 Å². The van der Waals surface area contributed by atoms with Crippen LogP contribution in [0.15, 0.2) is 36.4 Å². The van der Waals surface area contributed by atoms with Crippen LogP contribution in [0.5, 0.6) is 0 Å². The topological polar surface area (TPSA) is 78.9 Å². The maximum atomic E-state index is 11.1. The summed E-state index contributed by atoms with van der Waals surface area (Å²) in [5.74, 6) is -0.418. The lowest BCUT2D eigenvalue weighted by Crippen LogP contribution is -2.14. The summed E-state index contributed by atoms with van der Waals surface area (Å²) in [6.45, 7) is 1.36. The summed E-state index contributed by atoms with van der Waals surface area (Å²) >= 11 is 1.48. The minimum absolute atomic E-state index is 0.418. The summed E-state index contributed by atoms with van der Waals surface area (Å²) in [5.41, 5.74) is 6.76. The van der Waals surface area contributed by atoms with Gasteiger partial charge in [-0.25, -0.2) is 0 Å². The largest absolute Gasteiger partial charge is 0.366 e. The van der Waals surface area contributed by atoms with Gasteiger partial charge in [-0.1, -0.05) is 12.1 Å². The van der Waals surface area contributed by atoms with Crippen molar-refractivity contribution in [2.75, 3.05) is 0 Å². The molecule has 0 aliphatic carbocycles. The maximum absolute atomic E-state index is 11.1. The number of hydrogen-bond acceptors (Lipinski definition) is 4. The molecule has 4 nitrogen and oxygen atoms in total. The standard InChI is InChI=1S/C14H13N3OS/c15-7-12-4-5-13(19-12)9-17-8-10-2-1-3-11(6-10)14(16)18/h1-6,17H,8-9H2,(H2,16,18). The lowest BCUT2D eigenvalue weighted by molar-refractivity contribution is 0.1000. The molecule has 2 aromatic rings. The van der Waals surface area contributed by atoms with Gasteiger partial charge in [0.05, 0.1) is 0 Å². The SMILES string of the molecule is N#Cc1ccc(CNCc2cccc(C(N)=O)c2)s1. The number of carbonyl (C=O) groups is 1. The molecule has 1 aromatic heterocycles. The lowest BCUT2D eigenvalue weighted by atomic mass is 10.1. The van der Waals surface area contributed by atoms with Crippen molar-refractivity contribution in [3.8, 4) is 6.07 Å². The van der Waals surface area contributed by atoms with Gasteiger partial charge in [0.25, 0.3) is 0 Å². The Hall–Kier alpha value is -2.16. The van der Waals surface area contributed by atoms with Gasteiger partial charge in [0, 0.05) is 23.5 Å². The zero-order chi connectivity index (χ0) is 13.7. The number of nitrogens with zero attached hydrogens (tertiary/aromatic N) is 1. The fourth-order valence-corrected chi connectivity index (χ4v) is 2.47. The zero-order valence-corrected chi connectivity index (χ0v) is 11.0. The van der Waals surface area contributed by atoms with E-state index in [4.69, 9.17) is 11.0 Å². The highest BCUT2D eigenvalue weighted by Gasteiger charge is 2.02. The Morgan fingerprint density at radius 2 is 2.16 bits per heavy atom. The van der Waals surface area contributed by atoms with Crippen LogP contribution in [-0.2, 0) is 13.1 Å². The van der Waals surface area contributed by atoms with Gasteiger partial charge in [-0.05, 0) is 29.8 Å². The van der Waals surface area contributed by atoms with Crippen LogP contribution in [0.2, 0.25) is 0 Å². The van der Waals surface area contributed by atoms with Crippen LogP contribution in [0.4, 0.5) is 0 Å². The first-order valence-corrected chi connectivity index (χ1v) is 6.59. The number of benzene rings is 1. The maximum Gasteiger partial charge on any atom is 0.248 e. The quantitative estimate of drug-likeness (QED) is 0.873. The Labute approximate surface area is 115 Å². The van der Waals surface area contributed by atoms with Crippen LogP contribution in [0.25, 0.3) is 0 Å². The summed E-state index contributed by atoms with van der Waals surface area (Å²) in [6, 6.07) is 13.1. The minimum Gasteiger partial charge on any atom is -0.366 e. The van der Waals surface area contributed by atoms with E-state index in [0.717, 1.165) is 10.4 Å². The molecule has 0 aliphatic heterocycles. The molecule has 0 unspecified atom stereocenters. The lowest BCUT2D eigenvalue weighted by Gasteiger charge is -2.04. The highest BCUT2D eigenvalue weighted by Crippen LogP contribution is 2.15. The molecule has 0 atom stereocenters. The Kier molecular flexibility index (Phi) is 4.29. The second-order valence-electron chi connectivity index (χ2n) is 4.05. The molecule has 19 heavy (non-hydrogen) atoms. The van der Waals surface area contributed by atoms with Gasteiger partial charge in [0.1, 0.15) is 10.9 Å². The van der Waals surface area contributed by atoms with Crippen molar-refractivity contribution in [2.45, 2.75) is 13.1 Å². The minimum atomic E-state index is -0.418. The smallest absolute Gasteiger partial charge is 0.248 e. The molecule has 1 aromatic carbocycles. The number of nitriles is 1. The van der Waals surface area contributed by atoms with Gasteiger partial charge < -0.3 is 11.1 Å². The first-order valence-electron chi connectivity index (χ1n) is 5.77. The van der Waals surface area contributed by atoms with Crippen molar-refractivity contribution in [1.82, 2.24) is 5.32 Å². The highest BCUT2D eigenvalue weighted by atomic mass is 32.1. The third-order valence-electron chi connectivity index (χ3n) is 2.61. The summed E-state index contributed by atoms with van der Waals surface area (Å²) in [5, 5.41) is 12.0. The van der Waals surface area contributed by atoms with E-state index < -0.39 is 5.91 Å². The van der Waals surface area contributed by atoms with Crippen molar-refractivity contribution in [3.63, 3.8) is 0 Å². The fraction of sp³-hybridized carbons (Fsp3) is 0.143. The van der Waals surface area contributed by atoms with E-state index >= 15 is 0 Å². The fourth-order valence-electron chi connectivity index (χ4n) is 1.70. The molecular weight excluding hydrogens is 258 g/mol. The normalized spacial score (nSPS) is 10.1. The van der Waals surface area contributed by atoms with Crippen LogP contribution in [0.3, 0.4) is 0 Å². The molecule has 0 aliphatic rings. The average Bonchev–Trinajstić information content (AvgIpc) is 2.87. The molecule has 96 valence electrons. The van der Waals surface area contributed by atoms with E-state index in [1.54, 1.807) is 12.1 Å². The van der Waals surface area contributed by atoms with Crippen LogP contribution in [0.1, 0.15) is 25.7 Å². The number of carbonyl (C=O) groups excluding carboxylic acids is 1. The third kappa shape index (κ3) is 3.65. The molecule has 0 spiro atoms. The number of primary amides is 1. The van der Waals surface area contributed by atoms with E-state index in [9.17, 15) is 4.79 Å². The third-order valence-corrected chi connectivity index (χ3v) is 3.60. The molecule has 0 saturated heterocycles. The molecule has 0 radical (unpaired) electrons. The van der Waals surface area contributed by atoms with E-state index in [1.165, 1.54) is 11.3 Å². The first kappa shape index (κ1) is 13.3. The number of amides is 1. The Morgan fingerprint density at radius 1 is 1.32 bits per heavy atom. The second kappa shape index (κ2) is 6.14.